The summed E-state index contributed by atoms with van der Waals surface area (Å²) in [5, 5.41) is 10.5. The Labute approximate surface area is 180 Å². The quantitative estimate of drug-likeness (QED) is 0.415. The molecule has 0 bridgehead atoms. The summed E-state index contributed by atoms with van der Waals surface area (Å²) in [5.41, 5.74) is 0. The molecule has 1 rings (SSSR count). The SMILES string of the molecule is CCC1([C@@H](C)[C@H](O[Si](CC)(CC)CC)[C@H](C)C(=O)[C@@H](C)[C@H](O)C(C)C)OCCO1. The zero-order chi connectivity index (χ0) is 22.4. The summed E-state index contributed by atoms with van der Waals surface area (Å²) in [6.07, 6.45) is -0.211. The first-order valence-electron chi connectivity index (χ1n) is 11.7. The van der Waals surface area contributed by atoms with E-state index in [1.54, 1.807) is 0 Å². The van der Waals surface area contributed by atoms with E-state index < -0.39 is 26.1 Å². The number of aliphatic hydroxyl groups is 1. The normalized spacial score (nSPS) is 22.3. The molecule has 1 saturated heterocycles. The Morgan fingerprint density at radius 2 is 1.45 bits per heavy atom. The highest BCUT2D eigenvalue weighted by Crippen LogP contribution is 2.40. The average Bonchev–Trinajstić information content (AvgIpc) is 3.23. The molecule has 5 atom stereocenters. The third kappa shape index (κ3) is 5.91. The molecule has 0 saturated carbocycles. The number of ketones is 1. The van der Waals surface area contributed by atoms with Crippen molar-refractivity contribution in [1.82, 2.24) is 0 Å². The minimum Gasteiger partial charge on any atom is -0.413 e. The van der Waals surface area contributed by atoms with Crippen LogP contribution in [0, 0.1) is 23.7 Å². The summed E-state index contributed by atoms with van der Waals surface area (Å²) >= 11 is 0. The van der Waals surface area contributed by atoms with E-state index in [9.17, 15) is 9.90 Å². The van der Waals surface area contributed by atoms with Crippen LogP contribution in [0.3, 0.4) is 0 Å². The first kappa shape index (κ1) is 26.8. The first-order valence-corrected chi connectivity index (χ1v) is 14.2. The number of Topliss-reactive ketones (excluding diaryl/α,β-unsaturated/α-hetero) is 1. The third-order valence-electron chi connectivity index (χ3n) is 7.36. The molecule has 172 valence electrons. The Morgan fingerprint density at radius 3 is 1.83 bits per heavy atom. The standard InChI is InChI=1S/C23H46O5Si/c1-10-23(26-14-15-27-23)19(9)22(28-29(11-2,12-3)13-4)18(8)21(25)17(7)20(24)16(5)6/h16-20,22,24H,10-15H2,1-9H3/t17-,18+,19-,20+,22+/m0/s1. The molecule has 6 heteroatoms. The van der Waals surface area contributed by atoms with Crippen LogP contribution in [0.4, 0.5) is 0 Å². The largest absolute Gasteiger partial charge is 0.413 e. The van der Waals surface area contributed by atoms with Gasteiger partial charge in [0.2, 0.25) is 0 Å². The molecule has 5 nitrogen and oxygen atoms in total. The average molecular weight is 431 g/mol. The van der Waals surface area contributed by atoms with Crippen molar-refractivity contribution in [2.24, 2.45) is 23.7 Å². The first-order chi connectivity index (χ1) is 13.5. The second kappa shape index (κ2) is 11.4. The predicted octanol–water partition coefficient (Wildman–Crippen LogP) is 5.02. The van der Waals surface area contributed by atoms with E-state index in [-0.39, 0.29) is 29.6 Å². The van der Waals surface area contributed by atoms with E-state index in [0.717, 1.165) is 24.6 Å². The Kier molecular flexibility index (Phi) is 10.5. The van der Waals surface area contributed by atoms with E-state index in [1.807, 2.05) is 27.7 Å². The molecule has 29 heavy (non-hydrogen) atoms. The van der Waals surface area contributed by atoms with Crippen LogP contribution in [0.15, 0.2) is 0 Å². The van der Waals surface area contributed by atoms with Crippen LogP contribution in [0.5, 0.6) is 0 Å². The maximum Gasteiger partial charge on any atom is 0.192 e. The smallest absolute Gasteiger partial charge is 0.192 e. The van der Waals surface area contributed by atoms with Gasteiger partial charge in [0.05, 0.1) is 25.4 Å². The summed E-state index contributed by atoms with van der Waals surface area (Å²) in [5.74, 6) is -1.42. The summed E-state index contributed by atoms with van der Waals surface area (Å²) in [4.78, 5) is 13.4. The molecule has 0 unspecified atom stereocenters. The molecule has 1 heterocycles. The molecule has 1 aliphatic rings. The summed E-state index contributed by atoms with van der Waals surface area (Å²) in [7, 11) is -1.96. The van der Waals surface area contributed by atoms with E-state index in [4.69, 9.17) is 13.9 Å². The zero-order valence-corrected chi connectivity index (χ0v) is 21.3. The van der Waals surface area contributed by atoms with Crippen LogP contribution in [-0.2, 0) is 18.7 Å². The predicted molar refractivity (Wildman–Crippen MR) is 120 cm³/mol. The van der Waals surface area contributed by atoms with E-state index in [1.165, 1.54) is 0 Å². The minimum absolute atomic E-state index is 0.0387. The zero-order valence-electron chi connectivity index (χ0n) is 20.3. The second-order valence-corrected chi connectivity index (χ2v) is 13.9. The number of rotatable bonds is 13. The number of hydrogen-bond donors (Lipinski definition) is 1. The molecule has 1 fully saturated rings. The van der Waals surface area contributed by atoms with Gasteiger partial charge in [0.25, 0.3) is 0 Å². The molecule has 0 aromatic heterocycles. The molecule has 0 aliphatic carbocycles. The topological polar surface area (TPSA) is 65.0 Å². The molecular weight excluding hydrogens is 384 g/mol. The molecule has 0 amide bonds. The van der Waals surface area contributed by atoms with Gasteiger partial charge in [-0.05, 0) is 30.5 Å². The van der Waals surface area contributed by atoms with Crippen molar-refractivity contribution in [1.29, 1.82) is 0 Å². The van der Waals surface area contributed by atoms with E-state index in [0.29, 0.717) is 13.2 Å². The van der Waals surface area contributed by atoms with Gasteiger partial charge in [0, 0.05) is 17.8 Å². The molecule has 1 aliphatic heterocycles. The summed E-state index contributed by atoms with van der Waals surface area (Å²) in [6.45, 7) is 19.6. The van der Waals surface area contributed by atoms with Gasteiger partial charge in [-0.15, -0.1) is 0 Å². The maximum absolute atomic E-state index is 13.4. The Hall–Kier alpha value is -0.273. The number of ether oxygens (including phenoxy) is 2. The van der Waals surface area contributed by atoms with Crippen LogP contribution in [0.1, 0.15) is 68.7 Å². The van der Waals surface area contributed by atoms with Gasteiger partial charge in [-0.1, -0.05) is 62.3 Å². The fourth-order valence-corrected chi connectivity index (χ4v) is 7.74. The number of aliphatic hydroxyl groups excluding tert-OH is 1. The van der Waals surface area contributed by atoms with Gasteiger partial charge in [0.1, 0.15) is 5.78 Å². The lowest BCUT2D eigenvalue weighted by atomic mass is 9.79. The van der Waals surface area contributed by atoms with Gasteiger partial charge in [-0.25, -0.2) is 0 Å². The Bertz CT molecular complexity index is 491. The van der Waals surface area contributed by atoms with Gasteiger partial charge in [-0.3, -0.25) is 4.79 Å². The Balaban J connectivity index is 3.26. The van der Waals surface area contributed by atoms with Crippen LogP contribution in [-0.4, -0.2) is 50.4 Å². The van der Waals surface area contributed by atoms with Crippen molar-refractivity contribution in [3.8, 4) is 0 Å². The molecule has 0 aromatic carbocycles. The van der Waals surface area contributed by atoms with Crippen molar-refractivity contribution in [3.05, 3.63) is 0 Å². The number of carbonyl (C=O) groups excluding carboxylic acids is 1. The highest BCUT2D eigenvalue weighted by molar-refractivity contribution is 6.73. The molecule has 1 N–H and O–H groups in total. The van der Waals surface area contributed by atoms with Gasteiger partial charge in [-0.2, -0.15) is 0 Å². The summed E-state index contributed by atoms with van der Waals surface area (Å²) in [6, 6.07) is 3.07. The van der Waals surface area contributed by atoms with Crippen molar-refractivity contribution in [2.45, 2.75) is 105 Å². The third-order valence-corrected chi connectivity index (χ3v) is 12.0. The Morgan fingerprint density at radius 1 is 0.966 bits per heavy atom. The van der Waals surface area contributed by atoms with Crippen LogP contribution in [0.2, 0.25) is 18.1 Å². The number of carbonyl (C=O) groups is 1. The molecule has 0 aromatic rings. The fourth-order valence-electron chi connectivity index (χ4n) is 4.76. The molecule has 0 radical (unpaired) electrons. The monoisotopic (exact) mass is 430 g/mol. The van der Waals surface area contributed by atoms with Crippen molar-refractivity contribution in [2.75, 3.05) is 13.2 Å². The lowest BCUT2D eigenvalue weighted by Crippen LogP contribution is -2.53. The van der Waals surface area contributed by atoms with Crippen LogP contribution >= 0.6 is 0 Å². The lowest BCUT2D eigenvalue weighted by molar-refractivity contribution is -0.216. The summed E-state index contributed by atoms with van der Waals surface area (Å²) < 4.78 is 19.1. The van der Waals surface area contributed by atoms with Crippen LogP contribution in [0.25, 0.3) is 0 Å². The van der Waals surface area contributed by atoms with Crippen molar-refractivity contribution < 1.29 is 23.8 Å². The number of hydrogen-bond acceptors (Lipinski definition) is 5. The maximum atomic E-state index is 13.4. The lowest BCUT2D eigenvalue weighted by Gasteiger charge is -2.44. The second-order valence-electron chi connectivity index (χ2n) is 9.19. The fraction of sp³-hybridized carbons (Fsp3) is 0.957. The van der Waals surface area contributed by atoms with Gasteiger partial charge < -0.3 is 19.0 Å². The van der Waals surface area contributed by atoms with Gasteiger partial charge >= 0.3 is 0 Å². The molecule has 0 spiro atoms. The van der Waals surface area contributed by atoms with Gasteiger partial charge in [0.15, 0.2) is 14.1 Å². The van der Waals surface area contributed by atoms with E-state index >= 15 is 0 Å². The minimum atomic E-state index is -1.96. The van der Waals surface area contributed by atoms with Crippen molar-refractivity contribution >= 4 is 14.1 Å². The van der Waals surface area contributed by atoms with Crippen molar-refractivity contribution in [3.63, 3.8) is 0 Å². The van der Waals surface area contributed by atoms with Crippen LogP contribution < -0.4 is 0 Å². The highest BCUT2D eigenvalue weighted by Gasteiger charge is 2.49. The molecular formula is C23H46O5Si. The highest BCUT2D eigenvalue weighted by atomic mass is 28.4. The van der Waals surface area contributed by atoms with E-state index in [2.05, 4.69) is 34.6 Å².